The van der Waals surface area contributed by atoms with E-state index in [-0.39, 0.29) is 12.6 Å². The van der Waals surface area contributed by atoms with Crippen LogP contribution in [0.5, 0.6) is 0 Å². The molecule has 0 radical (unpaired) electrons. The Morgan fingerprint density at radius 3 is 1.90 bits per heavy atom. The van der Waals surface area contributed by atoms with Gasteiger partial charge in [0.25, 0.3) is 0 Å². The Morgan fingerprint density at radius 1 is 1.30 bits per heavy atom. The zero-order chi connectivity index (χ0) is 16.6. The van der Waals surface area contributed by atoms with E-state index in [2.05, 4.69) is 42.3 Å². The van der Waals surface area contributed by atoms with Crippen molar-refractivity contribution in [3.8, 4) is 0 Å². The minimum Gasteiger partial charge on any atom is -0.466 e. The number of carbonyl (C=O) groups excluding carboxylic acids is 2. The van der Waals surface area contributed by atoms with E-state index in [4.69, 9.17) is 4.12 Å². The van der Waals surface area contributed by atoms with Crippen molar-refractivity contribution >= 4 is 31.5 Å². The summed E-state index contributed by atoms with van der Waals surface area (Å²) in [6.07, 6.45) is 2.62. The van der Waals surface area contributed by atoms with Crippen LogP contribution in [0.4, 0.5) is 0 Å². The SMILES string of the molecule is C=C(C)C(=O)OC.C=CCOC(=O)C=C.C[SiH](C)O[SiH3]. The van der Waals surface area contributed by atoms with Crippen LogP contribution in [-0.2, 0) is 23.2 Å². The highest BCUT2D eigenvalue weighted by atomic mass is 28.3. The molecule has 0 saturated carbocycles. The van der Waals surface area contributed by atoms with Gasteiger partial charge < -0.3 is 13.6 Å². The highest BCUT2D eigenvalue weighted by molar-refractivity contribution is 6.52. The number of hydrogen-bond donors (Lipinski definition) is 0. The molecular weight excluding hydrogens is 292 g/mol. The van der Waals surface area contributed by atoms with Gasteiger partial charge in [-0.05, 0) is 20.0 Å². The standard InChI is InChI=1S/C6H8O2.C5H8O2.C2H10OSi2/c1-3-5-8-6(7)4-2;1-4(2)5(6)7-3;1-5(2)3-4/h3-4H,1-2,5H2;1H2,2-3H3;5H,1-2,4H3. The molecule has 5 nitrogen and oxygen atoms in total. The van der Waals surface area contributed by atoms with E-state index in [1.165, 1.54) is 13.2 Å². The summed E-state index contributed by atoms with van der Waals surface area (Å²) in [6, 6.07) is 0. The lowest BCUT2D eigenvalue weighted by molar-refractivity contribution is -0.137. The second kappa shape index (κ2) is 17.6. The van der Waals surface area contributed by atoms with Crippen molar-refractivity contribution < 1.29 is 23.2 Å². The summed E-state index contributed by atoms with van der Waals surface area (Å²) in [4.78, 5) is 20.4. The molecule has 20 heavy (non-hydrogen) atoms. The first-order chi connectivity index (χ1) is 9.26. The van der Waals surface area contributed by atoms with Crippen molar-refractivity contribution in [3.05, 3.63) is 37.5 Å². The zero-order valence-corrected chi connectivity index (χ0v) is 16.3. The van der Waals surface area contributed by atoms with Gasteiger partial charge in [-0.2, -0.15) is 0 Å². The Labute approximate surface area is 126 Å². The third-order valence-corrected chi connectivity index (χ3v) is 5.29. The maximum Gasteiger partial charge on any atom is 0.332 e. The molecule has 0 aliphatic heterocycles. The van der Waals surface area contributed by atoms with Crippen molar-refractivity contribution in [2.75, 3.05) is 13.7 Å². The van der Waals surface area contributed by atoms with Crippen LogP contribution in [0.1, 0.15) is 6.92 Å². The molecule has 0 aromatic rings. The molecule has 0 saturated heterocycles. The molecule has 0 bridgehead atoms. The molecule has 0 fully saturated rings. The molecule has 7 heteroatoms. The average Bonchev–Trinajstić information content (AvgIpc) is 2.44. The summed E-state index contributed by atoms with van der Waals surface area (Å²) in [6.45, 7) is 16.1. The first kappa shape index (κ1) is 23.6. The van der Waals surface area contributed by atoms with Crippen molar-refractivity contribution in [2.45, 2.75) is 20.0 Å². The summed E-state index contributed by atoms with van der Waals surface area (Å²) < 4.78 is 13.8. The smallest absolute Gasteiger partial charge is 0.332 e. The maximum atomic E-state index is 10.2. The van der Waals surface area contributed by atoms with Gasteiger partial charge in [0.1, 0.15) is 17.1 Å². The van der Waals surface area contributed by atoms with Gasteiger partial charge in [0.05, 0.1) is 7.11 Å². The number of hydrogen-bond acceptors (Lipinski definition) is 5. The van der Waals surface area contributed by atoms with E-state index in [1.807, 2.05) is 0 Å². The lowest BCUT2D eigenvalue weighted by atomic mass is 10.4. The summed E-state index contributed by atoms with van der Waals surface area (Å²) in [5.74, 6) is -0.759. The predicted molar refractivity (Wildman–Crippen MR) is 88.1 cm³/mol. The van der Waals surface area contributed by atoms with Crippen LogP contribution >= 0.6 is 0 Å². The van der Waals surface area contributed by atoms with Crippen molar-refractivity contribution in [1.82, 2.24) is 0 Å². The van der Waals surface area contributed by atoms with E-state index in [1.54, 1.807) is 6.92 Å². The molecule has 0 atom stereocenters. The van der Waals surface area contributed by atoms with Gasteiger partial charge in [-0.3, -0.25) is 0 Å². The second-order valence-corrected chi connectivity index (χ2v) is 7.66. The lowest BCUT2D eigenvalue weighted by Crippen LogP contribution is -2.02. The molecule has 0 aliphatic carbocycles. The summed E-state index contributed by atoms with van der Waals surface area (Å²) in [7, 11) is 1.68. The van der Waals surface area contributed by atoms with Gasteiger partial charge in [0, 0.05) is 11.6 Å². The normalized spacial score (nSPS) is 8.25. The van der Waals surface area contributed by atoms with Crippen molar-refractivity contribution in [1.29, 1.82) is 0 Å². The number of esters is 2. The summed E-state index contributed by atoms with van der Waals surface area (Å²) in [5.41, 5.74) is 0.433. The van der Waals surface area contributed by atoms with Gasteiger partial charge in [-0.25, -0.2) is 9.59 Å². The molecule has 0 amide bonds. The van der Waals surface area contributed by atoms with Crippen LogP contribution in [0.2, 0.25) is 13.1 Å². The second-order valence-electron chi connectivity index (χ2n) is 3.68. The molecular formula is C13H26O5Si2. The minimum absolute atomic E-state index is 0.255. The minimum atomic E-state index is -0.588. The number of methoxy groups -OCH3 is 1. The number of ether oxygens (including phenoxy) is 2. The number of rotatable bonds is 5. The molecule has 0 rings (SSSR count). The molecule has 0 aromatic carbocycles. The van der Waals surface area contributed by atoms with Crippen LogP contribution in [0.25, 0.3) is 0 Å². The zero-order valence-electron chi connectivity index (χ0n) is 13.1. The Morgan fingerprint density at radius 2 is 1.75 bits per heavy atom. The van der Waals surface area contributed by atoms with Gasteiger partial charge in [0.2, 0.25) is 0 Å². The Balaban J connectivity index is -0.000000223. The molecule has 0 spiro atoms. The van der Waals surface area contributed by atoms with E-state index in [0.29, 0.717) is 5.57 Å². The first-order valence-electron chi connectivity index (χ1n) is 5.93. The van der Waals surface area contributed by atoms with E-state index >= 15 is 0 Å². The summed E-state index contributed by atoms with van der Waals surface area (Å²) in [5, 5.41) is 0. The maximum absolute atomic E-state index is 10.2. The molecule has 0 unspecified atom stereocenters. The van der Waals surface area contributed by atoms with E-state index in [9.17, 15) is 9.59 Å². The Kier molecular flexibility index (Phi) is 20.7. The largest absolute Gasteiger partial charge is 0.466 e. The van der Waals surface area contributed by atoms with Crippen LogP contribution in [0.15, 0.2) is 37.5 Å². The van der Waals surface area contributed by atoms with Gasteiger partial charge in [-0.15, -0.1) is 0 Å². The monoisotopic (exact) mass is 318 g/mol. The van der Waals surface area contributed by atoms with Crippen LogP contribution in [0.3, 0.4) is 0 Å². The first-order valence-corrected chi connectivity index (χ1v) is 9.53. The highest BCUT2D eigenvalue weighted by Gasteiger charge is 1.95. The van der Waals surface area contributed by atoms with Crippen LogP contribution < -0.4 is 0 Å². The van der Waals surface area contributed by atoms with Crippen LogP contribution in [-0.4, -0.2) is 45.2 Å². The van der Waals surface area contributed by atoms with E-state index < -0.39 is 15.0 Å². The topological polar surface area (TPSA) is 61.8 Å². The predicted octanol–water partition coefficient (Wildman–Crippen LogP) is 0.904. The Bertz CT molecular complexity index is 314. The molecule has 0 N–H and O–H groups in total. The quantitative estimate of drug-likeness (QED) is 0.326. The molecule has 0 aromatic heterocycles. The number of carbonyl (C=O) groups is 2. The summed E-state index contributed by atoms with van der Waals surface area (Å²) >= 11 is 0. The fourth-order valence-electron chi connectivity index (χ4n) is 0.374. The third-order valence-electron chi connectivity index (χ3n) is 1.52. The van der Waals surface area contributed by atoms with Crippen LogP contribution in [0, 0.1) is 0 Å². The molecule has 0 heterocycles. The Hall–Kier alpha value is -1.45. The molecule has 0 aliphatic rings. The van der Waals surface area contributed by atoms with Crippen molar-refractivity contribution in [3.63, 3.8) is 0 Å². The van der Waals surface area contributed by atoms with Gasteiger partial charge in [0.15, 0.2) is 9.04 Å². The van der Waals surface area contributed by atoms with Gasteiger partial charge >= 0.3 is 11.9 Å². The lowest BCUT2D eigenvalue weighted by Gasteiger charge is -1.93. The third kappa shape index (κ3) is 25.4. The average molecular weight is 319 g/mol. The van der Waals surface area contributed by atoms with Crippen molar-refractivity contribution in [2.24, 2.45) is 0 Å². The molecule has 116 valence electrons. The fourth-order valence-corrected chi connectivity index (χ4v) is 0.374. The highest BCUT2D eigenvalue weighted by Crippen LogP contribution is 1.87. The van der Waals surface area contributed by atoms with E-state index in [0.717, 1.165) is 16.6 Å². The fraction of sp³-hybridized carbons (Fsp3) is 0.385. The van der Waals surface area contributed by atoms with Gasteiger partial charge in [-0.1, -0.05) is 25.8 Å².